The Kier molecular flexibility index (Phi) is 4.75. The van der Waals surface area contributed by atoms with Gasteiger partial charge >= 0.3 is 0 Å². The van der Waals surface area contributed by atoms with Crippen LogP contribution in [-0.4, -0.2) is 31.3 Å². The van der Waals surface area contributed by atoms with Crippen LogP contribution in [0.25, 0.3) is 0 Å². The van der Waals surface area contributed by atoms with Gasteiger partial charge in [-0.25, -0.2) is 4.98 Å². The van der Waals surface area contributed by atoms with E-state index in [0.717, 1.165) is 26.0 Å². The molecule has 0 radical (unpaired) electrons. The van der Waals surface area contributed by atoms with E-state index in [-0.39, 0.29) is 0 Å². The molecule has 1 saturated heterocycles. The molecule has 1 aromatic heterocycles. The predicted molar refractivity (Wildman–Crippen MR) is 67.0 cm³/mol. The molecule has 0 spiro atoms. The maximum atomic E-state index is 5.62. The molecular weight excluding hydrogens is 220 g/mol. The number of rotatable bonds is 6. The van der Waals surface area contributed by atoms with Gasteiger partial charge in [0.25, 0.3) is 0 Å². The van der Waals surface area contributed by atoms with Crippen LogP contribution >= 0.6 is 11.3 Å². The van der Waals surface area contributed by atoms with Gasteiger partial charge in [-0.15, -0.1) is 11.3 Å². The van der Waals surface area contributed by atoms with E-state index in [0.29, 0.717) is 6.10 Å². The molecule has 1 atom stereocenters. The number of aromatic nitrogens is 1. The van der Waals surface area contributed by atoms with E-state index in [1.165, 1.54) is 29.1 Å². The van der Waals surface area contributed by atoms with Crippen molar-refractivity contribution < 1.29 is 4.74 Å². The molecule has 1 fully saturated rings. The Morgan fingerprint density at radius 2 is 2.56 bits per heavy atom. The zero-order valence-corrected chi connectivity index (χ0v) is 10.7. The maximum absolute atomic E-state index is 5.62. The number of nitrogens with one attached hydrogen (secondary N) is 1. The number of ether oxygens (including phenoxy) is 1. The molecule has 0 saturated carbocycles. The fourth-order valence-electron chi connectivity index (χ4n) is 2.00. The zero-order valence-electron chi connectivity index (χ0n) is 9.87. The van der Waals surface area contributed by atoms with Crippen LogP contribution in [0.4, 0.5) is 0 Å². The van der Waals surface area contributed by atoms with Crippen molar-refractivity contribution in [3.05, 3.63) is 16.1 Å². The van der Waals surface area contributed by atoms with Gasteiger partial charge in [0.05, 0.1) is 11.1 Å². The van der Waals surface area contributed by atoms with Crippen LogP contribution in [0, 0.1) is 0 Å². The van der Waals surface area contributed by atoms with Crippen molar-refractivity contribution in [3.63, 3.8) is 0 Å². The van der Waals surface area contributed by atoms with Crippen molar-refractivity contribution in [1.29, 1.82) is 0 Å². The average Bonchev–Trinajstić information content (AvgIpc) is 2.91. The largest absolute Gasteiger partial charge is 0.378 e. The second kappa shape index (κ2) is 6.33. The van der Waals surface area contributed by atoms with Gasteiger partial charge in [0, 0.05) is 24.1 Å². The third kappa shape index (κ3) is 3.54. The quantitative estimate of drug-likeness (QED) is 0.772. The van der Waals surface area contributed by atoms with Crippen LogP contribution in [0.5, 0.6) is 0 Å². The Balaban J connectivity index is 1.77. The second-order valence-electron chi connectivity index (χ2n) is 4.27. The summed E-state index contributed by atoms with van der Waals surface area (Å²) in [4.78, 5) is 5.88. The standard InChI is InChI=1S/C12H20N2OS/c1-13-6-2-5-11-9-14-12(16-11)8-10-4-3-7-15-10/h9-10,13H,2-8H2,1H3. The number of hydrogen-bond acceptors (Lipinski definition) is 4. The van der Waals surface area contributed by atoms with E-state index in [1.54, 1.807) is 0 Å². The topological polar surface area (TPSA) is 34.2 Å². The van der Waals surface area contributed by atoms with Crippen molar-refractivity contribution in [2.75, 3.05) is 20.2 Å². The van der Waals surface area contributed by atoms with Crippen molar-refractivity contribution in [1.82, 2.24) is 10.3 Å². The van der Waals surface area contributed by atoms with Gasteiger partial charge in [0.15, 0.2) is 0 Å². The number of aryl methyl sites for hydroxylation is 1. The first-order valence-electron chi connectivity index (χ1n) is 6.08. The van der Waals surface area contributed by atoms with E-state index in [1.807, 2.05) is 24.6 Å². The molecule has 2 rings (SSSR count). The predicted octanol–water partition coefficient (Wildman–Crippen LogP) is 2.02. The van der Waals surface area contributed by atoms with Gasteiger partial charge in [-0.3, -0.25) is 0 Å². The van der Waals surface area contributed by atoms with Gasteiger partial charge in [0.1, 0.15) is 0 Å². The first-order chi connectivity index (χ1) is 7.88. The molecule has 2 heterocycles. The molecule has 1 aliphatic heterocycles. The van der Waals surface area contributed by atoms with Crippen LogP contribution < -0.4 is 5.32 Å². The summed E-state index contributed by atoms with van der Waals surface area (Å²) >= 11 is 1.85. The lowest BCUT2D eigenvalue weighted by Crippen LogP contribution is -2.08. The fourth-order valence-corrected chi connectivity index (χ4v) is 3.03. The molecule has 1 aliphatic rings. The van der Waals surface area contributed by atoms with E-state index in [9.17, 15) is 0 Å². The molecular formula is C12H20N2OS. The Morgan fingerprint density at radius 3 is 3.31 bits per heavy atom. The van der Waals surface area contributed by atoms with Crippen LogP contribution in [-0.2, 0) is 17.6 Å². The van der Waals surface area contributed by atoms with Crippen LogP contribution in [0.2, 0.25) is 0 Å². The normalized spacial score (nSPS) is 20.4. The molecule has 4 heteroatoms. The van der Waals surface area contributed by atoms with E-state index in [4.69, 9.17) is 4.74 Å². The summed E-state index contributed by atoms with van der Waals surface area (Å²) in [6.45, 7) is 2.02. The molecule has 0 aliphatic carbocycles. The summed E-state index contributed by atoms with van der Waals surface area (Å²) in [7, 11) is 2.00. The number of nitrogens with zero attached hydrogens (tertiary/aromatic N) is 1. The first-order valence-corrected chi connectivity index (χ1v) is 6.90. The number of hydrogen-bond donors (Lipinski definition) is 1. The summed E-state index contributed by atoms with van der Waals surface area (Å²) < 4.78 is 5.62. The third-order valence-corrected chi connectivity index (χ3v) is 3.96. The van der Waals surface area contributed by atoms with Crippen LogP contribution in [0.1, 0.15) is 29.1 Å². The Hall–Kier alpha value is -0.450. The SMILES string of the molecule is CNCCCc1cnc(CC2CCCO2)s1. The summed E-state index contributed by atoms with van der Waals surface area (Å²) in [6, 6.07) is 0. The Morgan fingerprint density at radius 1 is 1.62 bits per heavy atom. The van der Waals surface area contributed by atoms with E-state index < -0.39 is 0 Å². The van der Waals surface area contributed by atoms with Gasteiger partial charge in [-0.1, -0.05) is 0 Å². The maximum Gasteiger partial charge on any atom is 0.0953 e. The van der Waals surface area contributed by atoms with Crippen molar-refractivity contribution >= 4 is 11.3 Å². The molecule has 0 amide bonds. The minimum absolute atomic E-state index is 0.427. The first kappa shape index (κ1) is 12.0. The highest BCUT2D eigenvalue weighted by Gasteiger charge is 2.17. The summed E-state index contributed by atoms with van der Waals surface area (Å²) in [5.41, 5.74) is 0. The molecule has 1 unspecified atom stereocenters. The fraction of sp³-hybridized carbons (Fsp3) is 0.750. The van der Waals surface area contributed by atoms with Gasteiger partial charge in [-0.2, -0.15) is 0 Å². The molecule has 90 valence electrons. The van der Waals surface area contributed by atoms with E-state index >= 15 is 0 Å². The van der Waals surface area contributed by atoms with Gasteiger partial charge in [0.2, 0.25) is 0 Å². The molecule has 1 aromatic rings. The second-order valence-corrected chi connectivity index (χ2v) is 5.47. The van der Waals surface area contributed by atoms with E-state index in [2.05, 4.69) is 10.3 Å². The molecule has 1 N–H and O–H groups in total. The average molecular weight is 240 g/mol. The zero-order chi connectivity index (χ0) is 11.2. The Bertz CT molecular complexity index is 308. The molecule has 16 heavy (non-hydrogen) atoms. The van der Waals surface area contributed by atoms with Crippen molar-refractivity contribution in [3.8, 4) is 0 Å². The van der Waals surface area contributed by atoms with Crippen molar-refractivity contribution in [2.24, 2.45) is 0 Å². The highest BCUT2D eigenvalue weighted by molar-refractivity contribution is 7.11. The van der Waals surface area contributed by atoms with Crippen molar-refractivity contribution in [2.45, 2.75) is 38.2 Å². The van der Waals surface area contributed by atoms with Crippen LogP contribution in [0.3, 0.4) is 0 Å². The summed E-state index contributed by atoms with van der Waals surface area (Å²) in [6.07, 6.45) is 8.22. The summed E-state index contributed by atoms with van der Waals surface area (Å²) in [5.74, 6) is 0. The highest BCUT2D eigenvalue weighted by atomic mass is 32.1. The summed E-state index contributed by atoms with van der Waals surface area (Å²) in [5, 5.41) is 4.41. The minimum atomic E-state index is 0.427. The van der Waals surface area contributed by atoms with Gasteiger partial charge < -0.3 is 10.1 Å². The third-order valence-electron chi connectivity index (χ3n) is 2.88. The Labute approximate surface area is 101 Å². The molecule has 0 bridgehead atoms. The van der Waals surface area contributed by atoms with Gasteiger partial charge in [-0.05, 0) is 39.3 Å². The monoisotopic (exact) mass is 240 g/mol. The molecule has 3 nitrogen and oxygen atoms in total. The van der Waals surface area contributed by atoms with Crippen LogP contribution in [0.15, 0.2) is 6.20 Å². The number of thiazole rings is 1. The lowest BCUT2D eigenvalue weighted by molar-refractivity contribution is 0.111. The highest BCUT2D eigenvalue weighted by Crippen LogP contribution is 2.21. The molecule has 0 aromatic carbocycles. The smallest absolute Gasteiger partial charge is 0.0953 e. The lowest BCUT2D eigenvalue weighted by atomic mass is 10.2. The minimum Gasteiger partial charge on any atom is -0.378 e. The lowest BCUT2D eigenvalue weighted by Gasteiger charge is -2.05.